The summed E-state index contributed by atoms with van der Waals surface area (Å²) in [6, 6.07) is 31.3. The first kappa shape index (κ1) is 19.4. The number of rotatable bonds is 5. The third-order valence-electron chi connectivity index (χ3n) is 5.26. The fraction of sp³-hybridized carbons (Fsp3) is 0.160. The molecule has 1 saturated heterocycles. The lowest BCUT2D eigenvalue weighted by molar-refractivity contribution is -0.125. The molecular weight excluding hydrogens is 375 g/mol. The molecule has 29 heavy (non-hydrogen) atoms. The molecule has 4 heteroatoms. The van der Waals surface area contributed by atoms with Crippen LogP contribution >= 0.6 is 7.05 Å². The van der Waals surface area contributed by atoms with Crippen molar-refractivity contribution >= 4 is 28.9 Å². The van der Waals surface area contributed by atoms with Gasteiger partial charge in [0, 0.05) is 41.3 Å². The maximum Gasteiger partial charge on any atom is 0.248 e. The average molecular weight is 400 g/mol. The number of hydrogen-bond donors (Lipinski definition) is 0. The van der Waals surface area contributed by atoms with Crippen LogP contribution in [0.2, 0.25) is 0 Å². The molecule has 1 amide bonds. The quantitative estimate of drug-likeness (QED) is 0.464. The van der Waals surface area contributed by atoms with Crippen LogP contribution < -0.4 is 15.9 Å². The van der Waals surface area contributed by atoms with Gasteiger partial charge >= 0.3 is 0 Å². The van der Waals surface area contributed by atoms with E-state index in [2.05, 4.69) is 72.8 Å². The summed E-state index contributed by atoms with van der Waals surface area (Å²) in [5.41, 5.74) is 0. The minimum Gasteiger partial charge on any atom is -0.339 e. The second-order valence-corrected chi connectivity index (χ2v) is 10.2. The van der Waals surface area contributed by atoms with Crippen molar-refractivity contribution in [3.05, 3.63) is 103 Å². The molecule has 1 aliphatic rings. The van der Waals surface area contributed by atoms with Crippen molar-refractivity contribution in [2.45, 2.75) is 12.8 Å². The lowest BCUT2D eigenvalue weighted by atomic mass is 10.4. The molecule has 0 N–H and O–H groups in total. The van der Waals surface area contributed by atoms with Crippen molar-refractivity contribution in [2.24, 2.45) is 4.74 Å². The van der Waals surface area contributed by atoms with Gasteiger partial charge in [-0.15, -0.1) is 0 Å². The Morgan fingerprint density at radius 2 is 1.14 bits per heavy atom. The summed E-state index contributed by atoms with van der Waals surface area (Å²) < 4.78 is 5.16. The molecule has 3 aromatic carbocycles. The normalized spacial score (nSPS) is 14.3. The number of carbonyl (C=O) groups excluding carboxylic acids is 1. The van der Waals surface area contributed by atoms with Gasteiger partial charge in [-0.25, -0.2) is 0 Å². The van der Waals surface area contributed by atoms with Crippen LogP contribution in [0.25, 0.3) is 0 Å². The molecule has 1 aliphatic heterocycles. The van der Waals surface area contributed by atoms with Gasteiger partial charge in [0.15, 0.2) is 0 Å². The van der Waals surface area contributed by atoms with E-state index in [1.807, 2.05) is 23.1 Å². The zero-order valence-corrected chi connectivity index (χ0v) is 17.3. The molecule has 1 heterocycles. The molecule has 0 aliphatic carbocycles. The van der Waals surface area contributed by atoms with E-state index in [9.17, 15) is 4.79 Å². The van der Waals surface area contributed by atoms with Gasteiger partial charge in [-0.3, -0.25) is 9.54 Å². The fourth-order valence-corrected chi connectivity index (χ4v) is 7.19. The summed E-state index contributed by atoms with van der Waals surface area (Å²) in [6.45, 7) is 1.69. The largest absolute Gasteiger partial charge is 0.339 e. The highest BCUT2D eigenvalue weighted by Crippen LogP contribution is 2.46. The zero-order valence-electron chi connectivity index (χ0n) is 16.4. The molecule has 1 fully saturated rings. The van der Waals surface area contributed by atoms with E-state index in [-0.39, 0.29) is 5.91 Å². The molecule has 0 bridgehead atoms. The molecule has 0 atom stereocenters. The van der Waals surface area contributed by atoms with E-state index < -0.39 is 7.05 Å². The van der Waals surface area contributed by atoms with Gasteiger partial charge in [0.25, 0.3) is 0 Å². The molecule has 0 radical (unpaired) electrons. The van der Waals surface area contributed by atoms with Crippen LogP contribution in [0.3, 0.4) is 0 Å². The van der Waals surface area contributed by atoms with Crippen molar-refractivity contribution in [3.63, 3.8) is 0 Å². The number of nitrogens with zero attached hydrogens (tertiary/aromatic N) is 2. The Morgan fingerprint density at radius 3 is 1.55 bits per heavy atom. The van der Waals surface area contributed by atoms with Crippen molar-refractivity contribution < 1.29 is 4.79 Å². The van der Waals surface area contributed by atoms with Crippen LogP contribution in [0.5, 0.6) is 0 Å². The summed E-state index contributed by atoms with van der Waals surface area (Å²) in [7, 11) is -2.27. The molecule has 0 spiro atoms. The summed E-state index contributed by atoms with van der Waals surface area (Å²) in [6.07, 6.45) is 5.55. The van der Waals surface area contributed by atoms with Crippen LogP contribution in [-0.4, -0.2) is 23.9 Å². The Bertz CT molecular complexity index is 921. The highest BCUT2D eigenvalue weighted by atomic mass is 31.2. The van der Waals surface area contributed by atoms with Gasteiger partial charge < -0.3 is 4.90 Å². The Balaban J connectivity index is 1.89. The Kier molecular flexibility index (Phi) is 6.07. The van der Waals surface area contributed by atoms with Gasteiger partial charge in [-0.1, -0.05) is 91.0 Å². The molecule has 3 nitrogen and oxygen atoms in total. The first-order valence-corrected chi connectivity index (χ1v) is 11.8. The lowest BCUT2D eigenvalue weighted by Crippen LogP contribution is -2.26. The van der Waals surface area contributed by atoms with Crippen LogP contribution in [0, 0.1) is 0 Å². The number of amides is 1. The number of benzene rings is 3. The third-order valence-corrected chi connectivity index (χ3v) is 8.88. The second kappa shape index (κ2) is 9.07. The van der Waals surface area contributed by atoms with Crippen molar-refractivity contribution in [1.29, 1.82) is 0 Å². The smallest absolute Gasteiger partial charge is 0.248 e. The summed E-state index contributed by atoms with van der Waals surface area (Å²) in [5, 5.41) is 3.53. The molecule has 146 valence electrons. The molecule has 0 aromatic heterocycles. The maximum absolute atomic E-state index is 12.5. The molecule has 3 aromatic rings. The minimum absolute atomic E-state index is 0.0542. The van der Waals surface area contributed by atoms with E-state index in [4.69, 9.17) is 4.74 Å². The van der Waals surface area contributed by atoms with Crippen LogP contribution in [0.4, 0.5) is 0 Å². The number of hydrogen-bond acceptors (Lipinski definition) is 2. The first-order chi connectivity index (χ1) is 14.3. The van der Waals surface area contributed by atoms with E-state index in [1.165, 1.54) is 15.9 Å². The maximum atomic E-state index is 12.5. The number of likely N-dealkylation sites (tertiary alicyclic amines) is 1. The molecular formula is C25H25N2OP. The molecule has 0 saturated carbocycles. The van der Waals surface area contributed by atoms with Crippen LogP contribution in [0.1, 0.15) is 12.8 Å². The zero-order chi connectivity index (χ0) is 19.9. The number of carbonyl (C=O) groups is 1. The first-order valence-electron chi connectivity index (χ1n) is 10.0. The van der Waals surface area contributed by atoms with Gasteiger partial charge in [-0.05, 0) is 12.8 Å². The average Bonchev–Trinajstić information content (AvgIpc) is 3.34. The van der Waals surface area contributed by atoms with Crippen molar-refractivity contribution in [2.75, 3.05) is 13.1 Å². The molecule has 0 unspecified atom stereocenters. The third kappa shape index (κ3) is 4.11. The van der Waals surface area contributed by atoms with Crippen molar-refractivity contribution in [3.8, 4) is 0 Å². The summed E-state index contributed by atoms with van der Waals surface area (Å²) in [5.74, 6) is 0.0542. The Morgan fingerprint density at radius 1 is 0.724 bits per heavy atom. The van der Waals surface area contributed by atoms with Crippen molar-refractivity contribution in [1.82, 2.24) is 4.90 Å². The van der Waals surface area contributed by atoms with Gasteiger partial charge in [0.1, 0.15) is 0 Å². The Hall–Kier alpha value is -2.90. The predicted molar refractivity (Wildman–Crippen MR) is 123 cm³/mol. The molecule has 4 rings (SSSR count). The van der Waals surface area contributed by atoms with Crippen LogP contribution in [-0.2, 0) is 4.79 Å². The SMILES string of the molecule is O=C(/C=C/N=P(c1ccccc1)(c1ccccc1)c1ccccc1)N1CCCC1. The monoisotopic (exact) mass is 400 g/mol. The minimum atomic E-state index is -2.27. The van der Waals surface area contributed by atoms with E-state index in [0.717, 1.165) is 25.9 Å². The second-order valence-electron chi connectivity index (χ2n) is 7.11. The fourth-order valence-electron chi connectivity index (χ4n) is 3.82. The van der Waals surface area contributed by atoms with Gasteiger partial charge in [0.2, 0.25) is 5.91 Å². The van der Waals surface area contributed by atoms with E-state index >= 15 is 0 Å². The topological polar surface area (TPSA) is 32.7 Å². The van der Waals surface area contributed by atoms with Gasteiger partial charge in [-0.2, -0.15) is 0 Å². The predicted octanol–water partition coefficient (Wildman–Crippen LogP) is 4.30. The van der Waals surface area contributed by atoms with Crippen LogP contribution in [0.15, 0.2) is 108 Å². The summed E-state index contributed by atoms with van der Waals surface area (Å²) >= 11 is 0. The highest BCUT2D eigenvalue weighted by molar-refractivity contribution is 7.87. The standard InChI is InChI=1S/C25H25N2OP/c28-25(27-20-10-11-21-27)18-19-26-29(22-12-4-1-5-13-22,23-14-6-2-7-15-23)24-16-8-3-9-17-24/h1-9,12-19H,10-11,20-21H2/b19-18+. The van der Waals surface area contributed by atoms with Gasteiger partial charge in [0.05, 0.1) is 7.05 Å². The highest BCUT2D eigenvalue weighted by Gasteiger charge is 2.26. The van der Waals surface area contributed by atoms with E-state index in [1.54, 1.807) is 12.3 Å². The van der Waals surface area contributed by atoms with E-state index in [0.29, 0.717) is 0 Å². The summed E-state index contributed by atoms with van der Waals surface area (Å²) in [4.78, 5) is 14.4. The Labute approximate surface area is 172 Å². The lowest BCUT2D eigenvalue weighted by Gasteiger charge is -2.26.